The number of hydrogen-bond donors (Lipinski definition) is 3. The minimum atomic E-state index is -0.425. The maximum absolute atomic E-state index is 11.8. The quantitative estimate of drug-likeness (QED) is 0.542. The van der Waals surface area contributed by atoms with Crippen LogP contribution in [0.3, 0.4) is 0 Å². The third-order valence-electron chi connectivity index (χ3n) is 2.52. The first-order valence-corrected chi connectivity index (χ1v) is 5.27. The molecule has 0 aliphatic rings. The van der Waals surface area contributed by atoms with Crippen LogP contribution in [-0.4, -0.2) is 30.3 Å². The van der Waals surface area contributed by atoms with Crippen LogP contribution < -0.4 is 11.1 Å². The summed E-state index contributed by atoms with van der Waals surface area (Å²) < 4.78 is 5.18. The van der Waals surface area contributed by atoms with Crippen molar-refractivity contribution >= 4 is 11.6 Å². The molecule has 0 aliphatic carbocycles. The highest BCUT2D eigenvalue weighted by atomic mass is 16.5. The highest BCUT2D eigenvalue weighted by Crippen LogP contribution is 2.20. The molecule has 0 atom stereocenters. The average molecular weight is 238 g/mol. The molecule has 1 aromatic rings. The lowest BCUT2D eigenvalue weighted by atomic mass is 10.1. The lowest BCUT2D eigenvalue weighted by Gasteiger charge is -2.23. The molecule has 0 fully saturated rings. The number of nitrogens with two attached hydrogens (primary N) is 1. The van der Waals surface area contributed by atoms with E-state index in [2.05, 4.69) is 5.32 Å². The number of carbonyl (C=O) groups excluding carboxylic acids is 1. The van der Waals surface area contributed by atoms with E-state index in [0.29, 0.717) is 12.1 Å². The number of ether oxygens (including phenoxy) is 1. The molecule has 17 heavy (non-hydrogen) atoms. The van der Waals surface area contributed by atoms with Crippen LogP contribution in [0.5, 0.6) is 5.75 Å². The van der Waals surface area contributed by atoms with Gasteiger partial charge in [-0.2, -0.15) is 0 Å². The first kappa shape index (κ1) is 13.3. The van der Waals surface area contributed by atoms with Crippen molar-refractivity contribution in [1.29, 1.82) is 0 Å². The molecule has 0 aromatic heterocycles. The predicted octanol–water partition coefficient (Wildman–Crippen LogP) is 1.13. The Labute approximate surface area is 101 Å². The van der Waals surface area contributed by atoms with E-state index in [0.717, 1.165) is 0 Å². The zero-order chi connectivity index (χ0) is 13.1. The van der Waals surface area contributed by atoms with E-state index in [1.165, 1.54) is 12.1 Å². The fourth-order valence-corrected chi connectivity index (χ4v) is 1.15. The molecule has 5 heteroatoms. The Morgan fingerprint density at radius 1 is 1.53 bits per heavy atom. The molecule has 0 heterocycles. The van der Waals surface area contributed by atoms with Gasteiger partial charge in [0.25, 0.3) is 5.91 Å². The van der Waals surface area contributed by atoms with Gasteiger partial charge in [-0.1, -0.05) is 0 Å². The summed E-state index contributed by atoms with van der Waals surface area (Å²) >= 11 is 0. The van der Waals surface area contributed by atoms with Crippen LogP contribution in [0.15, 0.2) is 18.2 Å². The summed E-state index contributed by atoms with van der Waals surface area (Å²) in [6, 6.07) is 4.39. The van der Waals surface area contributed by atoms with Crippen LogP contribution in [0.25, 0.3) is 0 Å². The number of rotatable bonds is 4. The van der Waals surface area contributed by atoms with E-state index in [9.17, 15) is 9.90 Å². The van der Waals surface area contributed by atoms with Crippen LogP contribution in [0, 0.1) is 0 Å². The van der Waals surface area contributed by atoms with Crippen LogP contribution in [0.2, 0.25) is 0 Å². The van der Waals surface area contributed by atoms with Crippen molar-refractivity contribution in [3.05, 3.63) is 23.8 Å². The summed E-state index contributed by atoms with van der Waals surface area (Å²) in [5.41, 5.74) is 5.64. The minimum absolute atomic E-state index is 0.0938. The number of nitrogens with one attached hydrogen (secondary N) is 1. The van der Waals surface area contributed by atoms with E-state index in [1.807, 2.05) is 13.8 Å². The van der Waals surface area contributed by atoms with Crippen molar-refractivity contribution in [3.8, 4) is 5.75 Å². The summed E-state index contributed by atoms with van der Waals surface area (Å²) in [6.07, 6.45) is 0. The smallest absolute Gasteiger partial charge is 0.251 e. The summed E-state index contributed by atoms with van der Waals surface area (Å²) in [7, 11) is 1.58. The van der Waals surface area contributed by atoms with Gasteiger partial charge >= 0.3 is 0 Å². The zero-order valence-corrected chi connectivity index (χ0v) is 10.3. The van der Waals surface area contributed by atoms with E-state index in [-0.39, 0.29) is 17.3 Å². The molecule has 0 radical (unpaired) electrons. The van der Waals surface area contributed by atoms with E-state index < -0.39 is 5.60 Å². The van der Waals surface area contributed by atoms with Crippen molar-refractivity contribution < 1.29 is 14.6 Å². The Hall–Kier alpha value is -1.75. The largest absolute Gasteiger partial charge is 0.506 e. The fourth-order valence-electron chi connectivity index (χ4n) is 1.15. The molecule has 1 rings (SSSR count). The molecule has 0 saturated carbocycles. The van der Waals surface area contributed by atoms with Gasteiger partial charge in [0.15, 0.2) is 0 Å². The van der Waals surface area contributed by atoms with Gasteiger partial charge in [-0.05, 0) is 32.0 Å². The lowest BCUT2D eigenvalue weighted by Crippen LogP contribution is -2.39. The molecule has 0 bridgehead atoms. The average Bonchev–Trinajstić information content (AvgIpc) is 2.30. The molecule has 4 N–H and O–H groups in total. The van der Waals surface area contributed by atoms with Crippen LogP contribution in [0.4, 0.5) is 5.69 Å². The summed E-state index contributed by atoms with van der Waals surface area (Å²) in [6.45, 7) is 4.12. The van der Waals surface area contributed by atoms with Crippen molar-refractivity contribution in [3.63, 3.8) is 0 Å². The number of benzene rings is 1. The van der Waals surface area contributed by atoms with Crippen LogP contribution in [0.1, 0.15) is 24.2 Å². The Morgan fingerprint density at radius 2 is 2.18 bits per heavy atom. The Bertz CT molecular complexity index is 416. The Morgan fingerprint density at radius 3 is 2.71 bits per heavy atom. The highest BCUT2D eigenvalue weighted by molar-refractivity contribution is 5.95. The number of nitrogen functional groups attached to an aromatic ring is 1. The van der Waals surface area contributed by atoms with Gasteiger partial charge in [-0.25, -0.2) is 0 Å². The van der Waals surface area contributed by atoms with Gasteiger partial charge < -0.3 is 20.9 Å². The minimum Gasteiger partial charge on any atom is -0.506 e. The zero-order valence-electron chi connectivity index (χ0n) is 10.3. The maximum Gasteiger partial charge on any atom is 0.251 e. The number of methoxy groups -OCH3 is 1. The highest BCUT2D eigenvalue weighted by Gasteiger charge is 2.18. The van der Waals surface area contributed by atoms with Crippen molar-refractivity contribution in [2.45, 2.75) is 19.4 Å². The van der Waals surface area contributed by atoms with Gasteiger partial charge in [0.2, 0.25) is 0 Å². The fraction of sp³-hybridized carbons (Fsp3) is 0.417. The third kappa shape index (κ3) is 3.64. The Balaban J connectivity index is 2.68. The number of anilines is 1. The summed E-state index contributed by atoms with van der Waals surface area (Å²) in [4.78, 5) is 11.8. The standard InChI is InChI=1S/C12H18N2O3/c1-12(2,17-3)7-14-11(16)8-4-5-9(13)10(15)6-8/h4-6,15H,7,13H2,1-3H3,(H,14,16). The maximum atomic E-state index is 11.8. The number of phenols is 1. The lowest BCUT2D eigenvalue weighted by molar-refractivity contribution is 0.0229. The van der Waals surface area contributed by atoms with E-state index in [4.69, 9.17) is 10.5 Å². The van der Waals surface area contributed by atoms with Gasteiger partial charge in [0.1, 0.15) is 5.75 Å². The third-order valence-corrected chi connectivity index (χ3v) is 2.52. The van der Waals surface area contributed by atoms with Gasteiger partial charge in [0.05, 0.1) is 11.3 Å². The Kier molecular flexibility index (Phi) is 3.96. The molecule has 1 aromatic carbocycles. The molecular weight excluding hydrogens is 220 g/mol. The van der Waals surface area contributed by atoms with E-state index >= 15 is 0 Å². The second kappa shape index (κ2) is 5.05. The number of hydrogen-bond acceptors (Lipinski definition) is 4. The molecule has 1 amide bonds. The van der Waals surface area contributed by atoms with Crippen molar-refractivity contribution in [2.75, 3.05) is 19.4 Å². The topological polar surface area (TPSA) is 84.6 Å². The number of carbonyl (C=O) groups is 1. The molecule has 0 spiro atoms. The normalized spacial score (nSPS) is 11.2. The van der Waals surface area contributed by atoms with Gasteiger partial charge in [-0.3, -0.25) is 4.79 Å². The van der Waals surface area contributed by atoms with E-state index in [1.54, 1.807) is 13.2 Å². The second-order valence-electron chi connectivity index (χ2n) is 4.42. The van der Waals surface area contributed by atoms with Crippen LogP contribution in [-0.2, 0) is 4.74 Å². The SMILES string of the molecule is COC(C)(C)CNC(=O)c1ccc(N)c(O)c1. The van der Waals surface area contributed by atoms with Crippen molar-refractivity contribution in [1.82, 2.24) is 5.32 Å². The van der Waals surface area contributed by atoms with Gasteiger partial charge in [0, 0.05) is 19.2 Å². The first-order valence-electron chi connectivity index (χ1n) is 5.27. The molecular formula is C12H18N2O3. The molecule has 0 unspecified atom stereocenters. The monoisotopic (exact) mass is 238 g/mol. The molecule has 0 aliphatic heterocycles. The molecule has 5 nitrogen and oxygen atoms in total. The van der Waals surface area contributed by atoms with Crippen LogP contribution >= 0.6 is 0 Å². The number of aromatic hydroxyl groups is 1. The van der Waals surface area contributed by atoms with Crippen molar-refractivity contribution in [2.24, 2.45) is 0 Å². The number of phenolic OH excluding ortho intramolecular Hbond substituents is 1. The predicted molar refractivity (Wildman–Crippen MR) is 65.9 cm³/mol. The molecule has 94 valence electrons. The molecule has 0 saturated heterocycles. The number of amides is 1. The summed E-state index contributed by atoms with van der Waals surface area (Å²) in [5.74, 6) is -0.367. The summed E-state index contributed by atoms with van der Waals surface area (Å²) in [5, 5.41) is 12.1. The van der Waals surface area contributed by atoms with Gasteiger partial charge in [-0.15, -0.1) is 0 Å². The second-order valence-corrected chi connectivity index (χ2v) is 4.42. The first-order chi connectivity index (χ1) is 7.85.